The first-order valence-corrected chi connectivity index (χ1v) is 8.79. The molecule has 1 aromatic rings. The van der Waals surface area contributed by atoms with Crippen molar-refractivity contribution >= 4 is 5.91 Å². The van der Waals surface area contributed by atoms with Crippen molar-refractivity contribution in [2.24, 2.45) is 0 Å². The first-order valence-electron chi connectivity index (χ1n) is 8.79. The van der Waals surface area contributed by atoms with Gasteiger partial charge in [-0.3, -0.25) is 4.79 Å². The first-order chi connectivity index (χ1) is 10.8. The Morgan fingerprint density at radius 1 is 1.18 bits per heavy atom. The molecular formula is C19H29NO2. The number of amides is 1. The first kappa shape index (κ1) is 16.9. The SMILES string of the molecule is CCCc1ccc(OCCCC(=O)NC2CCCCC2)cc1. The Hall–Kier alpha value is -1.51. The van der Waals surface area contributed by atoms with E-state index in [1.54, 1.807) is 0 Å². The molecule has 1 fully saturated rings. The fourth-order valence-corrected chi connectivity index (χ4v) is 3.01. The van der Waals surface area contributed by atoms with Crippen LogP contribution in [0.15, 0.2) is 24.3 Å². The molecule has 1 amide bonds. The van der Waals surface area contributed by atoms with Crippen LogP contribution >= 0.6 is 0 Å². The molecule has 2 rings (SSSR count). The maximum atomic E-state index is 11.9. The molecule has 122 valence electrons. The largest absolute Gasteiger partial charge is 0.494 e. The molecule has 0 atom stereocenters. The van der Waals surface area contributed by atoms with Gasteiger partial charge in [0.15, 0.2) is 0 Å². The van der Waals surface area contributed by atoms with Gasteiger partial charge in [-0.25, -0.2) is 0 Å². The number of rotatable bonds is 8. The molecule has 1 N–H and O–H groups in total. The van der Waals surface area contributed by atoms with E-state index in [1.165, 1.54) is 24.8 Å². The minimum Gasteiger partial charge on any atom is -0.494 e. The Bertz CT molecular complexity index is 435. The molecule has 1 saturated carbocycles. The minimum absolute atomic E-state index is 0.175. The van der Waals surface area contributed by atoms with Crippen molar-refractivity contribution in [1.82, 2.24) is 5.32 Å². The van der Waals surface area contributed by atoms with E-state index in [9.17, 15) is 4.79 Å². The molecule has 0 radical (unpaired) electrons. The molecule has 0 aliphatic heterocycles. The van der Waals surface area contributed by atoms with E-state index in [0.29, 0.717) is 19.1 Å². The van der Waals surface area contributed by atoms with Gasteiger partial charge in [0, 0.05) is 12.5 Å². The second-order valence-corrected chi connectivity index (χ2v) is 6.25. The van der Waals surface area contributed by atoms with Crippen LogP contribution in [0, 0.1) is 0 Å². The molecule has 22 heavy (non-hydrogen) atoms. The fraction of sp³-hybridized carbons (Fsp3) is 0.632. The summed E-state index contributed by atoms with van der Waals surface area (Å²) in [7, 11) is 0. The molecule has 0 saturated heterocycles. The number of hydrogen-bond acceptors (Lipinski definition) is 2. The van der Waals surface area contributed by atoms with Crippen molar-refractivity contribution in [3.8, 4) is 5.75 Å². The summed E-state index contributed by atoms with van der Waals surface area (Å²) in [6.07, 6.45) is 9.72. The minimum atomic E-state index is 0.175. The van der Waals surface area contributed by atoms with Crippen LogP contribution in [0.25, 0.3) is 0 Å². The van der Waals surface area contributed by atoms with Gasteiger partial charge < -0.3 is 10.1 Å². The van der Waals surface area contributed by atoms with Crippen LogP contribution in [0.1, 0.15) is 63.9 Å². The van der Waals surface area contributed by atoms with Gasteiger partial charge >= 0.3 is 0 Å². The van der Waals surface area contributed by atoms with Crippen molar-refractivity contribution in [2.75, 3.05) is 6.61 Å². The molecule has 1 aliphatic rings. The highest BCUT2D eigenvalue weighted by molar-refractivity contribution is 5.76. The predicted molar refractivity (Wildman–Crippen MR) is 90.2 cm³/mol. The van der Waals surface area contributed by atoms with E-state index in [1.807, 2.05) is 12.1 Å². The highest BCUT2D eigenvalue weighted by Crippen LogP contribution is 2.17. The lowest BCUT2D eigenvalue weighted by atomic mass is 9.95. The molecule has 0 unspecified atom stereocenters. The van der Waals surface area contributed by atoms with Gasteiger partial charge in [0.1, 0.15) is 5.75 Å². The summed E-state index contributed by atoms with van der Waals surface area (Å²) < 4.78 is 5.70. The normalized spacial score (nSPS) is 15.5. The maximum Gasteiger partial charge on any atom is 0.220 e. The molecule has 0 aromatic heterocycles. The third kappa shape index (κ3) is 6.08. The van der Waals surface area contributed by atoms with E-state index in [2.05, 4.69) is 24.4 Å². The zero-order valence-electron chi connectivity index (χ0n) is 13.8. The molecule has 3 nitrogen and oxygen atoms in total. The van der Waals surface area contributed by atoms with E-state index >= 15 is 0 Å². The number of carbonyl (C=O) groups excluding carboxylic acids is 1. The smallest absolute Gasteiger partial charge is 0.220 e. The molecular weight excluding hydrogens is 274 g/mol. The average Bonchev–Trinajstić information content (AvgIpc) is 2.54. The van der Waals surface area contributed by atoms with E-state index in [0.717, 1.165) is 37.9 Å². The highest BCUT2D eigenvalue weighted by atomic mass is 16.5. The average molecular weight is 303 g/mol. The Morgan fingerprint density at radius 2 is 1.91 bits per heavy atom. The van der Waals surface area contributed by atoms with Gasteiger partial charge in [0.05, 0.1) is 6.61 Å². The van der Waals surface area contributed by atoms with Gasteiger partial charge in [0.25, 0.3) is 0 Å². The summed E-state index contributed by atoms with van der Waals surface area (Å²) in [5.74, 6) is 1.07. The third-order valence-electron chi connectivity index (χ3n) is 4.25. The summed E-state index contributed by atoms with van der Waals surface area (Å²) in [5, 5.41) is 3.14. The Balaban J connectivity index is 1.58. The lowest BCUT2D eigenvalue weighted by Crippen LogP contribution is -2.36. The molecule has 1 aromatic carbocycles. The molecule has 0 bridgehead atoms. The van der Waals surface area contributed by atoms with Crippen molar-refractivity contribution in [3.05, 3.63) is 29.8 Å². The summed E-state index contributed by atoms with van der Waals surface area (Å²) in [4.78, 5) is 11.9. The number of benzene rings is 1. The number of ether oxygens (including phenoxy) is 1. The summed E-state index contributed by atoms with van der Waals surface area (Å²) >= 11 is 0. The van der Waals surface area contributed by atoms with Crippen LogP contribution in [0.3, 0.4) is 0 Å². The quantitative estimate of drug-likeness (QED) is 0.729. The number of nitrogens with one attached hydrogen (secondary N) is 1. The molecule has 1 aliphatic carbocycles. The second-order valence-electron chi connectivity index (χ2n) is 6.25. The van der Waals surface area contributed by atoms with Crippen LogP contribution in [-0.4, -0.2) is 18.6 Å². The lowest BCUT2D eigenvalue weighted by Gasteiger charge is -2.22. The van der Waals surface area contributed by atoms with Crippen molar-refractivity contribution < 1.29 is 9.53 Å². The zero-order chi connectivity index (χ0) is 15.6. The second kappa shape index (κ2) is 9.50. The maximum absolute atomic E-state index is 11.9. The van der Waals surface area contributed by atoms with Gasteiger partial charge in [0.2, 0.25) is 5.91 Å². The van der Waals surface area contributed by atoms with Crippen LogP contribution < -0.4 is 10.1 Å². The highest BCUT2D eigenvalue weighted by Gasteiger charge is 2.15. The van der Waals surface area contributed by atoms with Crippen LogP contribution in [0.2, 0.25) is 0 Å². The fourth-order valence-electron chi connectivity index (χ4n) is 3.01. The van der Waals surface area contributed by atoms with Crippen LogP contribution in [-0.2, 0) is 11.2 Å². The van der Waals surface area contributed by atoms with Crippen molar-refractivity contribution in [3.63, 3.8) is 0 Å². The van der Waals surface area contributed by atoms with E-state index < -0.39 is 0 Å². The van der Waals surface area contributed by atoms with Crippen molar-refractivity contribution in [2.45, 2.75) is 70.8 Å². The Labute approximate surface area is 134 Å². The Morgan fingerprint density at radius 3 is 2.59 bits per heavy atom. The third-order valence-corrected chi connectivity index (χ3v) is 4.25. The summed E-state index contributed by atoms with van der Waals surface area (Å²) in [6, 6.07) is 8.69. The van der Waals surface area contributed by atoms with Gasteiger partial charge in [-0.15, -0.1) is 0 Å². The van der Waals surface area contributed by atoms with Gasteiger partial charge in [-0.05, 0) is 43.4 Å². The van der Waals surface area contributed by atoms with Gasteiger partial charge in [-0.1, -0.05) is 44.7 Å². The van der Waals surface area contributed by atoms with Crippen LogP contribution in [0.4, 0.5) is 0 Å². The van der Waals surface area contributed by atoms with E-state index in [4.69, 9.17) is 4.74 Å². The molecule has 0 spiro atoms. The summed E-state index contributed by atoms with van der Waals surface area (Å²) in [6.45, 7) is 2.79. The number of carbonyl (C=O) groups is 1. The predicted octanol–water partition coefficient (Wildman–Crippen LogP) is 4.25. The van der Waals surface area contributed by atoms with Gasteiger partial charge in [-0.2, -0.15) is 0 Å². The standard InChI is InChI=1S/C19H29NO2/c1-2-7-16-11-13-18(14-12-16)22-15-6-10-19(21)20-17-8-4-3-5-9-17/h11-14,17H,2-10,15H2,1H3,(H,20,21). The zero-order valence-corrected chi connectivity index (χ0v) is 13.8. The topological polar surface area (TPSA) is 38.3 Å². The van der Waals surface area contributed by atoms with Crippen LogP contribution in [0.5, 0.6) is 5.75 Å². The monoisotopic (exact) mass is 303 g/mol. The number of hydrogen-bond donors (Lipinski definition) is 1. The molecule has 3 heteroatoms. The number of aryl methyl sites for hydroxylation is 1. The summed E-state index contributed by atoms with van der Waals surface area (Å²) in [5.41, 5.74) is 1.35. The molecule has 0 heterocycles. The van der Waals surface area contributed by atoms with E-state index in [-0.39, 0.29) is 5.91 Å². The lowest BCUT2D eigenvalue weighted by molar-refractivity contribution is -0.122. The van der Waals surface area contributed by atoms with Crippen molar-refractivity contribution in [1.29, 1.82) is 0 Å². The Kier molecular flexibility index (Phi) is 7.27.